The number of carbonyl (C=O) groups is 5. The molecule has 0 aliphatic carbocycles. The van der Waals surface area contributed by atoms with E-state index in [1.165, 1.54) is 36.4 Å². The minimum atomic E-state index is -4.63. The highest BCUT2D eigenvalue weighted by Crippen LogP contribution is 2.42. The van der Waals surface area contributed by atoms with Crippen LogP contribution >= 0.6 is 11.8 Å². The van der Waals surface area contributed by atoms with Crippen LogP contribution in [0, 0.1) is 0 Å². The number of ether oxygens (including phenoxy) is 1. The lowest BCUT2D eigenvalue weighted by Crippen LogP contribution is -2.42. The van der Waals surface area contributed by atoms with Crippen molar-refractivity contribution in [2.75, 3.05) is 25.4 Å². The van der Waals surface area contributed by atoms with E-state index < -0.39 is 45.7 Å². The normalized spacial score (nSPS) is 20.4. The molecule has 3 aliphatic heterocycles. The SMILES string of the molecule is NS(=O)(=O)c1ccc(C(=O)NCCOC(=O)[C@H](CCCCNC(=O)CCCC[C@@H]2SC[C@@H]3NC(=O)N[C@@H]32)NC(=O)c2ccc(C3(C(F)(F)F)NN3)cc2)cc1. The lowest BCUT2D eigenvalue weighted by Gasteiger charge is -2.19. The molecule has 0 spiro atoms. The topological polar surface area (TPSA) is 259 Å². The summed E-state index contributed by atoms with van der Waals surface area (Å²) >= 11 is 1.82. The maximum atomic E-state index is 13.5. The van der Waals surface area contributed by atoms with Gasteiger partial charge in [-0.05, 0) is 74.1 Å². The zero-order chi connectivity index (χ0) is 39.8. The molecule has 0 radical (unpaired) electrons. The average molecular weight is 813 g/mol. The summed E-state index contributed by atoms with van der Waals surface area (Å²) in [5, 5.41) is 19.2. The van der Waals surface area contributed by atoms with Crippen molar-refractivity contribution in [2.45, 2.75) is 85.1 Å². The molecule has 3 heterocycles. The van der Waals surface area contributed by atoms with E-state index in [0.717, 1.165) is 30.7 Å². The van der Waals surface area contributed by atoms with Gasteiger partial charge in [0, 0.05) is 35.1 Å². The van der Waals surface area contributed by atoms with Gasteiger partial charge in [0.25, 0.3) is 11.8 Å². The largest absolute Gasteiger partial charge is 0.462 e. The summed E-state index contributed by atoms with van der Waals surface area (Å²) in [6.07, 6.45) is -0.904. The van der Waals surface area contributed by atoms with E-state index in [4.69, 9.17) is 9.88 Å². The summed E-state index contributed by atoms with van der Waals surface area (Å²) in [5.41, 5.74) is 1.76. The standard InChI is InChI=1S/C34H43F3N8O8S2/c35-34(36,37)33(44-45-33)22-12-8-21(9-13-22)30(48)41-24(31(49)53-18-17-40-29(47)20-10-14-23(15-11-20)55(38,51)52)5-3-4-16-39-27(46)7-2-1-6-26-28-25(19-54-26)42-32(50)43-28/h8-15,24-26,28,44-45H,1-7,16-19H2,(H,39,46)(H,40,47)(H,41,48)(H2,38,51,52)(H2,42,43,50)/t24-,25-,26-,28-/m0/s1. The van der Waals surface area contributed by atoms with E-state index in [2.05, 4.69) is 37.4 Å². The molecule has 0 bridgehead atoms. The Morgan fingerprint density at radius 3 is 2.24 bits per heavy atom. The third kappa shape index (κ3) is 11.1. The molecule has 3 saturated heterocycles. The maximum absolute atomic E-state index is 13.5. The van der Waals surface area contributed by atoms with Crippen LogP contribution in [-0.2, 0) is 30.0 Å². The smallest absolute Gasteiger partial charge is 0.426 e. The van der Waals surface area contributed by atoms with E-state index in [1.807, 2.05) is 11.8 Å². The Morgan fingerprint density at radius 2 is 1.58 bits per heavy atom. The molecule has 16 nitrogen and oxygen atoms in total. The van der Waals surface area contributed by atoms with E-state index in [-0.39, 0.29) is 65.2 Å². The summed E-state index contributed by atoms with van der Waals surface area (Å²) in [4.78, 5) is 62.5. The van der Waals surface area contributed by atoms with E-state index in [0.29, 0.717) is 37.5 Å². The molecule has 21 heteroatoms. The first-order chi connectivity index (χ1) is 26.1. The second-order valence-corrected chi connectivity index (χ2v) is 16.1. The number of unbranched alkanes of at least 4 members (excludes halogenated alkanes) is 2. The van der Waals surface area contributed by atoms with Gasteiger partial charge < -0.3 is 31.3 Å². The van der Waals surface area contributed by atoms with Gasteiger partial charge in [-0.25, -0.2) is 34.0 Å². The zero-order valence-electron chi connectivity index (χ0n) is 29.5. The number of thioether (sulfide) groups is 1. The third-order valence-electron chi connectivity index (χ3n) is 9.37. The monoisotopic (exact) mass is 812 g/mol. The Bertz CT molecular complexity index is 1830. The zero-order valence-corrected chi connectivity index (χ0v) is 31.1. The predicted octanol–water partition coefficient (Wildman–Crippen LogP) is 1.24. The number of alkyl halides is 3. The Balaban J connectivity index is 1.07. The number of amides is 5. The number of halogens is 3. The summed E-state index contributed by atoms with van der Waals surface area (Å²) in [6.45, 7) is -0.0705. The van der Waals surface area contributed by atoms with Crippen LogP contribution in [0.5, 0.6) is 0 Å². The molecule has 4 atom stereocenters. The Hall–Kier alpha value is -4.44. The number of hydrogen-bond donors (Lipinski definition) is 8. The first-order valence-electron chi connectivity index (χ1n) is 17.6. The van der Waals surface area contributed by atoms with Gasteiger partial charge in [0.1, 0.15) is 12.6 Å². The number of primary sulfonamides is 1. The summed E-state index contributed by atoms with van der Waals surface area (Å²) in [6, 6.07) is 8.55. The molecule has 3 aliphatic rings. The minimum absolute atomic E-state index is 0.00325. The van der Waals surface area contributed by atoms with Crippen LogP contribution in [0.3, 0.4) is 0 Å². The Labute approximate surface area is 319 Å². The molecular weight excluding hydrogens is 770 g/mol. The van der Waals surface area contributed by atoms with Crippen molar-refractivity contribution in [2.24, 2.45) is 5.14 Å². The summed E-state index contributed by atoms with van der Waals surface area (Å²) in [5.74, 6) is -1.36. The highest BCUT2D eigenvalue weighted by atomic mass is 32.2. The maximum Gasteiger partial charge on any atom is 0.426 e. The average Bonchev–Trinajstić information content (AvgIpc) is 3.78. The van der Waals surface area contributed by atoms with Gasteiger partial charge in [0.2, 0.25) is 21.6 Å². The van der Waals surface area contributed by atoms with Crippen molar-refractivity contribution in [3.63, 3.8) is 0 Å². The lowest BCUT2D eigenvalue weighted by atomic mass is 10.0. The summed E-state index contributed by atoms with van der Waals surface area (Å²) in [7, 11) is -3.94. The number of rotatable bonds is 19. The van der Waals surface area contributed by atoms with Gasteiger partial charge in [-0.1, -0.05) is 18.6 Å². The van der Waals surface area contributed by atoms with Crippen molar-refractivity contribution in [3.8, 4) is 0 Å². The molecular formula is C34H43F3N8O8S2. The van der Waals surface area contributed by atoms with Gasteiger partial charge in [-0.3, -0.25) is 14.4 Å². The number of nitrogens with one attached hydrogen (secondary N) is 7. The molecule has 5 amide bonds. The Kier molecular flexibility index (Phi) is 13.7. The Morgan fingerprint density at radius 1 is 0.909 bits per heavy atom. The molecule has 9 N–H and O–H groups in total. The van der Waals surface area contributed by atoms with Crippen LogP contribution in [0.1, 0.15) is 71.2 Å². The highest BCUT2D eigenvalue weighted by molar-refractivity contribution is 8.00. The number of hydrazine groups is 1. The highest BCUT2D eigenvalue weighted by Gasteiger charge is 2.65. The van der Waals surface area contributed by atoms with E-state index >= 15 is 0 Å². The van der Waals surface area contributed by atoms with Gasteiger partial charge >= 0.3 is 18.2 Å². The molecule has 0 unspecified atom stereocenters. The number of carbonyl (C=O) groups excluding carboxylic acids is 5. The fourth-order valence-electron chi connectivity index (χ4n) is 6.25. The second kappa shape index (κ2) is 18.0. The molecule has 0 saturated carbocycles. The fraction of sp³-hybridized carbons (Fsp3) is 0.500. The predicted molar refractivity (Wildman–Crippen MR) is 194 cm³/mol. The van der Waals surface area contributed by atoms with Crippen molar-refractivity contribution in [1.82, 2.24) is 37.4 Å². The van der Waals surface area contributed by atoms with Crippen LogP contribution in [0.15, 0.2) is 53.4 Å². The number of urea groups is 1. The molecule has 0 aromatic heterocycles. The first-order valence-corrected chi connectivity index (χ1v) is 20.2. The van der Waals surface area contributed by atoms with Crippen molar-refractivity contribution < 1.29 is 50.3 Å². The van der Waals surface area contributed by atoms with E-state index in [1.54, 1.807) is 0 Å². The quantitative estimate of drug-likeness (QED) is 0.0433. The van der Waals surface area contributed by atoms with Crippen LogP contribution in [-0.4, -0.2) is 93.1 Å². The van der Waals surface area contributed by atoms with Gasteiger partial charge in [0.15, 0.2) is 0 Å². The second-order valence-electron chi connectivity index (χ2n) is 13.3. The molecule has 5 rings (SSSR count). The van der Waals surface area contributed by atoms with E-state index in [9.17, 15) is 45.6 Å². The molecule has 2 aromatic rings. The van der Waals surface area contributed by atoms with Gasteiger partial charge in [-0.2, -0.15) is 24.9 Å². The van der Waals surface area contributed by atoms with Crippen molar-refractivity contribution in [3.05, 3.63) is 65.2 Å². The number of nitrogens with two attached hydrogens (primary N) is 1. The molecule has 3 fully saturated rings. The molecule has 55 heavy (non-hydrogen) atoms. The minimum Gasteiger partial charge on any atom is -0.462 e. The number of fused-ring (bicyclic) bond motifs is 1. The van der Waals surface area contributed by atoms with Crippen LogP contribution < -0.4 is 42.6 Å². The molecule has 2 aromatic carbocycles. The van der Waals surface area contributed by atoms with Gasteiger partial charge in [0.05, 0.1) is 23.5 Å². The lowest BCUT2D eigenvalue weighted by molar-refractivity contribution is -0.165. The van der Waals surface area contributed by atoms with Crippen molar-refractivity contribution in [1.29, 1.82) is 0 Å². The van der Waals surface area contributed by atoms with Crippen LogP contribution in [0.25, 0.3) is 0 Å². The fourth-order valence-corrected chi connectivity index (χ4v) is 8.31. The number of hydrogen-bond acceptors (Lipinski definition) is 11. The van der Waals surface area contributed by atoms with Crippen molar-refractivity contribution >= 4 is 51.5 Å². The van der Waals surface area contributed by atoms with Crippen LogP contribution in [0.4, 0.5) is 18.0 Å². The first kappa shape index (κ1) is 41.7. The third-order valence-corrected chi connectivity index (χ3v) is 11.8. The summed E-state index contributed by atoms with van der Waals surface area (Å²) < 4.78 is 68.6. The number of esters is 1. The van der Waals surface area contributed by atoms with Gasteiger partial charge in [-0.15, -0.1) is 0 Å². The number of benzene rings is 2. The molecule has 300 valence electrons. The number of sulfonamides is 1. The van der Waals surface area contributed by atoms with Crippen LogP contribution in [0.2, 0.25) is 0 Å².